The molecule has 0 aliphatic rings. The molecule has 0 bridgehead atoms. The van der Waals surface area contributed by atoms with Gasteiger partial charge in [-0.05, 0) is 35.9 Å². The maximum atomic E-state index is 12.7. The number of rotatable bonds is 18. The summed E-state index contributed by atoms with van der Waals surface area (Å²) in [6.07, 6.45) is 2.49. The van der Waals surface area contributed by atoms with Crippen LogP contribution in [0.15, 0.2) is 79.0 Å². The lowest BCUT2D eigenvalue weighted by molar-refractivity contribution is 0.0511. The fourth-order valence-electron chi connectivity index (χ4n) is 3.83. The van der Waals surface area contributed by atoms with Crippen molar-refractivity contribution in [3.05, 3.63) is 95.8 Å². The average molecular weight is 572 g/mol. The van der Waals surface area contributed by atoms with Crippen molar-refractivity contribution in [2.75, 3.05) is 62.0 Å². The number of nitrogens with zero attached hydrogens (tertiary/aromatic N) is 4. The quantitative estimate of drug-likeness (QED) is 0.112. The molecule has 12 heteroatoms. The summed E-state index contributed by atoms with van der Waals surface area (Å²) in [5, 5.41) is 12.6. The highest BCUT2D eigenvalue weighted by Gasteiger charge is 2.10. The number of nitrogens with two attached hydrogens (primary N) is 1. The summed E-state index contributed by atoms with van der Waals surface area (Å²) in [6.45, 7) is 3.82. The maximum absolute atomic E-state index is 12.7. The predicted molar refractivity (Wildman–Crippen MR) is 163 cm³/mol. The highest BCUT2D eigenvalue weighted by Crippen LogP contribution is 2.18. The maximum Gasteiger partial charge on any atom is 0.251 e. The molecule has 0 saturated carbocycles. The normalized spacial score (nSPS) is 10.7. The van der Waals surface area contributed by atoms with Gasteiger partial charge in [0.2, 0.25) is 17.8 Å². The van der Waals surface area contributed by atoms with Gasteiger partial charge in [0.15, 0.2) is 0 Å². The molecule has 0 saturated heterocycles. The zero-order valence-electron chi connectivity index (χ0n) is 23.5. The van der Waals surface area contributed by atoms with Gasteiger partial charge in [-0.25, -0.2) is 0 Å². The van der Waals surface area contributed by atoms with Crippen molar-refractivity contribution < 1.29 is 14.3 Å². The Labute approximate surface area is 245 Å². The third-order valence-electron chi connectivity index (χ3n) is 5.87. The fourth-order valence-corrected chi connectivity index (χ4v) is 3.83. The van der Waals surface area contributed by atoms with Crippen molar-refractivity contribution in [2.45, 2.75) is 13.0 Å². The molecule has 4 aromatic rings. The third kappa shape index (κ3) is 10.7. The smallest absolute Gasteiger partial charge is 0.251 e. The number of aromatic nitrogens is 4. The summed E-state index contributed by atoms with van der Waals surface area (Å²) in [5.74, 6) is 0.961. The Bertz CT molecular complexity index is 1360. The van der Waals surface area contributed by atoms with Gasteiger partial charge >= 0.3 is 0 Å². The summed E-state index contributed by atoms with van der Waals surface area (Å²) < 4.78 is 10.7. The van der Waals surface area contributed by atoms with Crippen LogP contribution in [0, 0.1) is 0 Å². The zero-order valence-corrected chi connectivity index (χ0v) is 23.5. The highest BCUT2D eigenvalue weighted by molar-refractivity contribution is 5.95. The predicted octanol–water partition coefficient (Wildman–Crippen LogP) is 3.00. The number of hydrogen-bond donors (Lipinski definition) is 5. The molecule has 42 heavy (non-hydrogen) atoms. The standard InChI is InChI=1S/C30H37N9O3/c31-13-17-41-19-20-42-18-16-33-27(40)24-9-6-11-26(21-24)36-30-38-28(34-15-12-25-10-4-5-14-32-25)37-29(39-30)35-22-23-7-2-1-3-8-23/h1-11,14,21H,12-13,15-20,22,31H2,(H,33,40)(H3,34,35,36,37,38,39). The zero-order chi connectivity index (χ0) is 29.2. The minimum absolute atomic E-state index is 0.209. The molecule has 0 fully saturated rings. The lowest BCUT2D eigenvalue weighted by Crippen LogP contribution is -2.27. The van der Waals surface area contributed by atoms with Gasteiger partial charge in [-0.1, -0.05) is 42.5 Å². The van der Waals surface area contributed by atoms with Gasteiger partial charge < -0.3 is 36.5 Å². The Morgan fingerprint density at radius 2 is 1.52 bits per heavy atom. The van der Waals surface area contributed by atoms with Crippen LogP contribution in [0.4, 0.5) is 23.5 Å². The minimum Gasteiger partial charge on any atom is -0.378 e. The van der Waals surface area contributed by atoms with Gasteiger partial charge in [0.05, 0.1) is 26.4 Å². The second-order valence-corrected chi connectivity index (χ2v) is 9.12. The van der Waals surface area contributed by atoms with E-state index in [9.17, 15) is 4.79 Å². The summed E-state index contributed by atoms with van der Waals surface area (Å²) >= 11 is 0. The molecule has 220 valence electrons. The summed E-state index contributed by atoms with van der Waals surface area (Å²) in [6, 6.07) is 23.0. The van der Waals surface area contributed by atoms with E-state index in [0.717, 1.165) is 11.3 Å². The van der Waals surface area contributed by atoms with E-state index < -0.39 is 0 Å². The number of carbonyl (C=O) groups is 1. The van der Waals surface area contributed by atoms with E-state index in [2.05, 4.69) is 41.2 Å². The van der Waals surface area contributed by atoms with E-state index in [1.807, 2.05) is 54.6 Å². The van der Waals surface area contributed by atoms with Crippen molar-refractivity contribution in [2.24, 2.45) is 5.73 Å². The molecule has 6 N–H and O–H groups in total. The summed E-state index contributed by atoms with van der Waals surface area (Å²) in [4.78, 5) is 30.7. The molecule has 0 spiro atoms. The molecule has 0 radical (unpaired) electrons. The van der Waals surface area contributed by atoms with Crippen LogP contribution in [-0.4, -0.2) is 71.9 Å². The lowest BCUT2D eigenvalue weighted by Gasteiger charge is -2.12. The van der Waals surface area contributed by atoms with Crippen LogP contribution in [0.5, 0.6) is 0 Å². The van der Waals surface area contributed by atoms with Gasteiger partial charge in [-0.15, -0.1) is 0 Å². The number of benzene rings is 2. The van der Waals surface area contributed by atoms with Crippen LogP contribution < -0.4 is 27.0 Å². The van der Waals surface area contributed by atoms with Gasteiger partial charge in [0, 0.05) is 55.7 Å². The topological polar surface area (TPSA) is 161 Å². The van der Waals surface area contributed by atoms with Crippen molar-refractivity contribution >= 4 is 29.4 Å². The van der Waals surface area contributed by atoms with Crippen LogP contribution in [0.1, 0.15) is 21.6 Å². The lowest BCUT2D eigenvalue weighted by atomic mass is 10.2. The molecule has 0 aliphatic heterocycles. The van der Waals surface area contributed by atoms with E-state index in [4.69, 9.17) is 15.2 Å². The molecular weight excluding hydrogens is 534 g/mol. The minimum atomic E-state index is -0.209. The molecule has 0 aliphatic carbocycles. The second-order valence-electron chi connectivity index (χ2n) is 9.12. The SMILES string of the molecule is NCCOCCOCCNC(=O)c1cccc(Nc2nc(NCCc3ccccn3)nc(NCc3ccccc3)n2)c1. The van der Waals surface area contributed by atoms with Crippen LogP contribution in [0.25, 0.3) is 0 Å². The number of hydrogen-bond acceptors (Lipinski definition) is 11. The Morgan fingerprint density at radius 1 is 0.762 bits per heavy atom. The monoisotopic (exact) mass is 571 g/mol. The molecule has 0 atom stereocenters. The van der Waals surface area contributed by atoms with Crippen molar-refractivity contribution in [1.82, 2.24) is 25.3 Å². The van der Waals surface area contributed by atoms with Crippen LogP contribution >= 0.6 is 0 Å². The van der Waals surface area contributed by atoms with Gasteiger partial charge in [0.25, 0.3) is 5.91 Å². The molecule has 1 amide bonds. The van der Waals surface area contributed by atoms with Crippen molar-refractivity contribution in [3.63, 3.8) is 0 Å². The average Bonchev–Trinajstić information content (AvgIpc) is 3.02. The molecule has 0 unspecified atom stereocenters. The Kier molecular flexibility index (Phi) is 12.4. The number of nitrogens with one attached hydrogen (secondary N) is 4. The molecule has 2 aromatic heterocycles. The second kappa shape index (κ2) is 17.2. The first-order valence-corrected chi connectivity index (χ1v) is 13.9. The fraction of sp³-hybridized carbons (Fsp3) is 0.300. The van der Waals surface area contributed by atoms with Crippen LogP contribution in [0.2, 0.25) is 0 Å². The largest absolute Gasteiger partial charge is 0.378 e. The first-order valence-electron chi connectivity index (χ1n) is 13.9. The van der Waals surface area contributed by atoms with Crippen molar-refractivity contribution in [3.8, 4) is 0 Å². The molecular formula is C30H37N9O3. The molecule has 2 heterocycles. The molecule has 12 nitrogen and oxygen atoms in total. The Hall–Kier alpha value is -4.65. The van der Waals surface area contributed by atoms with E-state index in [1.54, 1.807) is 24.4 Å². The number of carbonyl (C=O) groups excluding carboxylic acids is 1. The third-order valence-corrected chi connectivity index (χ3v) is 5.87. The van der Waals surface area contributed by atoms with E-state index in [0.29, 0.717) is 88.1 Å². The number of anilines is 4. The number of pyridine rings is 1. The van der Waals surface area contributed by atoms with Gasteiger partial charge in [0.1, 0.15) is 0 Å². The molecule has 4 rings (SSSR count). The summed E-state index contributed by atoms with van der Waals surface area (Å²) in [7, 11) is 0. The van der Waals surface area contributed by atoms with Gasteiger partial charge in [-0.2, -0.15) is 15.0 Å². The Balaban J connectivity index is 1.36. The van der Waals surface area contributed by atoms with Gasteiger partial charge in [-0.3, -0.25) is 9.78 Å². The Morgan fingerprint density at radius 3 is 2.31 bits per heavy atom. The van der Waals surface area contributed by atoms with E-state index in [-0.39, 0.29) is 5.91 Å². The van der Waals surface area contributed by atoms with E-state index in [1.165, 1.54) is 0 Å². The van der Waals surface area contributed by atoms with E-state index >= 15 is 0 Å². The highest BCUT2D eigenvalue weighted by atomic mass is 16.5. The first kappa shape index (κ1) is 30.3. The molecule has 2 aromatic carbocycles. The van der Waals surface area contributed by atoms with Crippen LogP contribution in [-0.2, 0) is 22.4 Å². The first-order chi connectivity index (χ1) is 20.7. The van der Waals surface area contributed by atoms with Crippen molar-refractivity contribution in [1.29, 1.82) is 0 Å². The summed E-state index contributed by atoms with van der Waals surface area (Å²) in [5.41, 5.74) is 8.61. The number of ether oxygens (including phenoxy) is 2. The number of amides is 1. The van der Waals surface area contributed by atoms with Crippen LogP contribution in [0.3, 0.4) is 0 Å².